The fraction of sp³-hybridized carbons (Fsp3) is 0.222. The predicted molar refractivity (Wildman–Crippen MR) is 101 cm³/mol. The first-order valence-corrected chi connectivity index (χ1v) is 7.95. The standard InChI is InChI=1S/C18H22N4S/c1-22(2)14-13-19-18(23)21-20-17(15-9-5-3-6-10-15)16-11-7-4-8-12-16/h3-12H,13-14H2,1-2H3,(H2,19,21,23). The summed E-state index contributed by atoms with van der Waals surface area (Å²) in [5.74, 6) is 0. The fourth-order valence-corrected chi connectivity index (χ4v) is 2.17. The van der Waals surface area contributed by atoms with Gasteiger partial charge in [0.05, 0.1) is 5.71 Å². The minimum atomic E-state index is 0.524. The predicted octanol–water partition coefficient (Wildman–Crippen LogP) is 2.46. The summed E-state index contributed by atoms with van der Waals surface area (Å²) in [6, 6.07) is 20.1. The smallest absolute Gasteiger partial charge is 0.187 e. The zero-order chi connectivity index (χ0) is 16.5. The van der Waals surface area contributed by atoms with Crippen LogP contribution >= 0.6 is 12.2 Å². The minimum absolute atomic E-state index is 0.524. The van der Waals surface area contributed by atoms with E-state index in [-0.39, 0.29) is 0 Å². The molecule has 0 unspecified atom stereocenters. The normalized spacial score (nSPS) is 10.2. The van der Waals surface area contributed by atoms with Crippen molar-refractivity contribution < 1.29 is 0 Å². The number of rotatable bonds is 6. The molecule has 0 saturated carbocycles. The number of nitrogens with one attached hydrogen (secondary N) is 2. The molecule has 0 aliphatic rings. The summed E-state index contributed by atoms with van der Waals surface area (Å²) in [6.07, 6.45) is 0. The van der Waals surface area contributed by atoms with Gasteiger partial charge in [-0.3, -0.25) is 5.43 Å². The summed E-state index contributed by atoms with van der Waals surface area (Å²) in [5.41, 5.74) is 5.89. The van der Waals surface area contributed by atoms with Crippen LogP contribution in [-0.2, 0) is 0 Å². The van der Waals surface area contributed by atoms with E-state index in [0.29, 0.717) is 5.11 Å². The molecular weight excluding hydrogens is 304 g/mol. The third-order valence-corrected chi connectivity index (χ3v) is 3.44. The average Bonchev–Trinajstić information content (AvgIpc) is 2.57. The highest BCUT2D eigenvalue weighted by atomic mass is 32.1. The van der Waals surface area contributed by atoms with Gasteiger partial charge in [0.2, 0.25) is 0 Å². The summed E-state index contributed by atoms with van der Waals surface area (Å²) in [7, 11) is 4.05. The second kappa shape index (κ2) is 9.02. The molecule has 0 atom stereocenters. The van der Waals surface area contributed by atoms with Gasteiger partial charge in [0, 0.05) is 24.2 Å². The van der Waals surface area contributed by atoms with Crippen molar-refractivity contribution >= 4 is 23.0 Å². The van der Waals surface area contributed by atoms with Crippen LogP contribution in [-0.4, -0.2) is 42.9 Å². The van der Waals surface area contributed by atoms with Crippen LogP contribution in [0.3, 0.4) is 0 Å². The molecule has 2 N–H and O–H groups in total. The molecule has 23 heavy (non-hydrogen) atoms. The van der Waals surface area contributed by atoms with Gasteiger partial charge in [-0.1, -0.05) is 60.7 Å². The number of thiocarbonyl (C=S) groups is 1. The Bertz CT molecular complexity index is 597. The molecule has 2 rings (SSSR count). The van der Waals surface area contributed by atoms with Crippen LogP contribution in [0.25, 0.3) is 0 Å². The van der Waals surface area contributed by atoms with E-state index in [9.17, 15) is 0 Å². The van der Waals surface area contributed by atoms with Gasteiger partial charge in [-0.15, -0.1) is 0 Å². The molecule has 0 amide bonds. The molecule has 0 heterocycles. The van der Waals surface area contributed by atoms with Gasteiger partial charge in [0.15, 0.2) is 5.11 Å². The summed E-state index contributed by atoms with van der Waals surface area (Å²) in [4.78, 5) is 2.10. The number of benzene rings is 2. The highest BCUT2D eigenvalue weighted by Crippen LogP contribution is 2.10. The lowest BCUT2D eigenvalue weighted by Gasteiger charge is -2.12. The molecule has 0 bridgehead atoms. The van der Waals surface area contributed by atoms with Crippen LogP contribution in [0.4, 0.5) is 0 Å². The molecule has 0 spiro atoms. The SMILES string of the molecule is CN(C)CCNC(=S)NN=C(c1ccccc1)c1ccccc1. The molecule has 120 valence electrons. The lowest BCUT2D eigenvalue weighted by atomic mass is 10.0. The molecule has 2 aromatic carbocycles. The highest BCUT2D eigenvalue weighted by molar-refractivity contribution is 7.80. The third-order valence-electron chi connectivity index (χ3n) is 3.21. The van der Waals surface area contributed by atoms with Crippen molar-refractivity contribution in [3.8, 4) is 0 Å². The first kappa shape index (κ1) is 17.1. The number of nitrogens with zero attached hydrogens (tertiary/aromatic N) is 2. The van der Waals surface area contributed by atoms with Gasteiger partial charge in [-0.05, 0) is 26.3 Å². The molecule has 0 aliphatic carbocycles. The molecule has 0 aliphatic heterocycles. The van der Waals surface area contributed by atoms with Gasteiger partial charge in [-0.2, -0.15) is 5.10 Å². The zero-order valence-corrected chi connectivity index (χ0v) is 14.3. The van der Waals surface area contributed by atoms with E-state index in [2.05, 4.69) is 20.7 Å². The van der Waals surface area contributed by atoms with Crippen molar-refractivity contribution in [3.63, 3.8) is 0 Å². The molecule has 4 nitrogen and oxygen atoms in total. The molecule has 5 heteroatoms. The van der Waals surface area contributed by atoms with Gasteiger partial charge in [0.25, 0.3) is 0 Å². The highest BCUT2D eigenvalue weighted by Gasteiger charge is 2.06. The minimum Gasteiger partial charge on any atom is -0.360 e. The van der Waals surface area contributed by atoms with E-state index in [0.717, 1.165) is 29.9 Å². The lowest BCUT2D eigenvalue weighted by molar-refractivity contribution is 0.412. The Morgan fingerprint density at radius 2 is 1.48 bits per heavy atom. The molecule has 0 saturated heterocycles. The number of hydrazone groups is 1. The quantitative estimate of drug-likeness (QED) is 0.486. The van der Waals surface area contributed by atoms with E-state index < -0.39 is 0 Å². The summed E-state index contributed by atoms with van der Waals surface area (Å²) < 4.78 is 0. The fourth-order valence-electron chi connectivity index (χ4n) is 2.03. The van der Waals surface area contributed by atoms with Crippen LogP contribution in [0.5, 0.6) is 0 Å². The van der Waals surface area contributed by atoms with Crippen molar-refractivity contribution in [1.82, 2.24) is 15.6 Å². The van der Waals surface area contributed by atoms with E-state index in [4.69, 9.17) is 12.2 Å². The average molecular weight is 326 g/mol. The van der Waals surface area contributed by atoms with Crippen LogP contribution in [0.15, 0.2) is 65.8 Å². The number of likely N-dealkylation sites (N-methyl/N-ethyl adjacent to an activating group) is 1. The maximum Gasteiger partial charge on any atom is 0.187 e. The van der Waals surface area contributed by atoms with E-state index >= 15 is 0 Å². The third kappa shape index (κ3) is 5.81. The second-order valence-corrected chi connectivity index (χ2v) is 5.77. The summed E-state index contributed by atoms with van der Waals surface area (Å²) in [6.45, 7) is 1.69. The molecule has 0 fully saturated rings. The van der Waals surface area contributed by atoms with E-state index in [1.807, 2.05) is 74.8 Å². The van der Waals surface area contributed by atoms with Gasteiger partial charge >= 0.3 is 0 Å². The summed E-state index contributed by atoms with van der Waals surface area (Å²) >= 11 is 5.28. The van der Waals surface area contributed by atoms with Crippen molar-refractivity contribution in [3.05, 3.63) is 71.8 Å². The lowest BCUT2D eigenvalue weighted by Crippen LogP contribution is -2.37. The van der Waals surface area contributed by atoms with Gasteiger partial charge in [0.1, 0.15) is 0 Å². The maximum atomic E-state index is 5.28. The Labute approximate surface area is 143 Å². The second-order valence-electron chi connectivity index (χ2n) is 5.36. The molecule has 0 aromatic heterocycles. The van der Waals surface area contributed by atoms with Crippen LogP contribution < -0.4 is 10.7 Å². The van der Waals surface area contributed by atoms with Gasteiger partial charge in [-0.25, -0.2) is 0 Å². The topological polar surface area (TPSA) is 39.7 Å². The van der Waals surface area contributed by atoms with E-state index in [1.54, 1.807) is 0 Å². The summed E-state index contributed by atoms with van der Waals surface area (Å²) in [5, 5.41) is 8.18. The Morgan fingerprint density at radius 1 is 0.957 bits per heavy atom. The first-order valence-electron chi connectivity index (χ1n) is 7.54. The maximum absolute atomic E-state index is 5.28. The van der Waals surface area contributed by atoms with Crippen molar-refractivity contribution in [2.75, 3.05) is 27.2 Å². The first-order chi connectivity index (χ1) is 11.2. The monoisotopic (exact) mass is 326 g/mol. The van der Waals surface area contributed by atoms with Crippen LogP contribution in [0, 0.1) is 0 Å². The Balaban J connectivity index is 2.10. The van der Waals surface area contributed by atoms with E-state index in [1.165, 1.54) is 0 Å². The molecule has 2 aromatic rings. The Hall–Kier alpha value is -2.24. The van der Waals surface area contributed by atoms with Gasteiger partial charge < -0.3 is 10.2 Å². The molecular formula is C18H22N4S. The van der Waals surface area contributed by atoms with Crippen molar-refractivity contribution in [2.45, 2.75) is 0 Å². The van der Waals surface area contributed by atoms with Crippen molar-refractivity contribution in [1.29, 1.82) is 0 Å². The zero-order valence-electron chi connectivity index (χ0n) is 13.5. The van der Waals surface area contributed by atoms with Crippen LogP contribution in [0.1, 0.15) is 11.1 Å². The van der Waals surface area contributed by atoms with Crippen LogP contribution in [0.2, 0.25) is 0 Å². The molecule has 0 radical (unpaired) electrons. The number of hydrogen-bond donors (Lipinski definition) is 2. The number of hydrogen-bond acceptors (Lipinski definition) is 3. The van der Waals surface area contributed by atoms with Crippen molar-refractivity contribution in [2.24, 2.45) is 5.10 Å². The largest absolute Gasteiger partial charge is 0.360 e. The Morgan fingerprint density at radius 3 is 1.96 bits per heavy atom. The Kier molecular flexibility index (Phi) is 6.72.